The SMILES string of the molecule is CC(C)NC(=O)c1c(N)nsc1N(C)Cc1cscn1. The van der Waals surface area contributed by atoms with Crippen LogP contribution in [0.15, 0.2) is 10.9 Å². The number of carbonyl (C=O) groups excluding carboxylic acids is 1. The summed E-state index contributed by atoms with van der Waals surface area (Å²) in [4.78, 5) is 18.4. The van der Waals surface area contributed by atoms with Crippen molar-refractivity contribution in [1.29, 1.82) is 0 Å². The van der Waals surface area contributed by atoms with Gasteiger partial charge in [-0.1, -0.05) is 0 Å². The second-order valence-electron chi connectivity index (χ2n) is 4.71. The molecule has 0 bridgehead atoms. The van der Waals surface area contributed by atoms with E-state index in [9.17, 15) is 4.79 Å². The Labute approximate surface area is 125 Å². The first-order valence-electron chi connectivity index (χ1n) is 6.13. The van der Waals surface area contributed by atoms with E-state index in [1.54, 1.807) is 16.8 Å². The van der Waals surface area contributed by atoms with Gasteiger partial charge in [0.1, 0.15) is 10.6 Å². The van der Waals surface area contributed by atoms with E-state index < -0.39 is 0 Å². The molecule has 0 saturated carbocycles. The van der Waals surface area contributed by atoms with Crippen LogP contribution in [0.25, 0.3) is 0 Å². The van der Waals surface area contributed by atoms with Gasteiger partial charge in [-0.3, -0.25) is 4.79 Å². The normalized spacial score (nSPS) is 10.8. The number of hydrogen-bond donors (Lipinski definition) is 2. The Morgan fingerprint density at radius 3 is 2.90 bits per heavy atom. The number of aromatic nitrogens is 2. The number of carbonyl (C=O) groups is 1. The second-order valence-corrected chi connectivity index (χ2v) is 6.18. The fourth-order valence-corrected chi connectivity index (χ4v) is 3.05. The van der Waals surface area contributed by atoms with Crippen molar-refractivity contribution in [3.63, 3.8) is 0 Å². The highest BCUT2D eigenvalue weighted by atomic mass is 32.1. The fourth-order valence-electron chi connectivity index (χ4n) is 1.73. The zero-order chi connectivity index (χ0) is 14.7. The summed E-state index contributed by atoms with van der Waals surface area (Å²) in [7, 11) is 1.90. The Kier molecular flexibility index (Phi) is 4.56. The van der Waals surface area contributed by atoms with Crippen molar-refractivity contribution in [2.45, 2.75) is 26.4 Å². The van der Waals surface area contributed by atoms with Crippen LogP contribution in [-0.4, -0.2) is 28.4 Å². The summed E-state index contributed by atoms with van der Waals surface area (Å²) in [6, 6.07) is 0.0542. The highest BCUT2D eigenvalue weighted by Gasteiger charge is 2.22. The molecule has 0 aliphatic carbocycles. The fraction of sp³-hybridized carbons (Fsp3) is 0.417. The Morgan fingerprint density at radius 1 is 1.55 bits per heavy atom. The number of rotatable bonds is 5. The molecule has 0 atom stereocenters. The van der Waals surface area contributed by atoms with Crippen molar-refractivity contribution >= 4 is 39.6 Å². The first-order chi connectivity index (χ1) is 9.49. The summed E-state index contributed by atoms with van der Waals surface area (Å²) in [5.74, 6) is 0.0830. The van der Waals surface area contributed by atoms with E-state index in [2.05, 4.69) is 14.7 Å². The van der Waals surface area contributed by atoms with Gasteiger partial charge in [0.2, 0.25) is 0 Å². The summed E-state index contributed by atoms with van der Waals surface area (Å²) in [6.07, 6.45) is 0. The third kappa shape index (κ3) is 3.26. The quantitative estimate of drug-likeness (QED) is 0.882. The molecule has 0 saturated heterocycles. The van der Waals surface area contributed by atoms with E-state index in [0.717, 1.165) is 10.7 Å². The molecule has 0 spiro atoms. The molecule has 8 heteroatoms. The van der Waals surface area contributed by atoms with E-state index >= 15 is 0 Å². The number of nitrogens with two attached hydrogens (primary N) is 1. The minimum atomic E-state index is -0.189. The van der Waals surface area contributed by atoms with Crippen molar-refractivity contribution in [3.8, 4) is 0 Å². The lowest BCUT2D eigenvalue weighted by Gasteiger charge is -2.17. The van der Waals surface area contributed by atoms with E-state index in [1.807, 2.05) is 31.2 Å². The minimum absolute atomic E-state index is 0.0542. The molecular weight excluding hydrogens is 294 g/mol. The molecule has 0 aliphatic rings. The largest absolute Gasteiger partial charge is 0.382 e. The number of nitrogens with one attached hydrogen (secondary N) is 1. The zero-order valence-electron chi connectivity index (χ0n) is 11.6. The Morgan fingerprint density at radius 2 is 2.30 bits per heavy atom. The van der Waals surface area contributed by atoms with Gasteiger partial charge in [0.05, 0.1) is 17.7 Å². The summed E-state index contributed by atoms with van der Waals surface area (Å²) in [6.45, 7) is 4.44. The van der Waals surface area contributed by atoms with Crippen LogP contribution in [0.5, 0.6) is 0 Å². The van der Waals surface area contributed by atoms with Crippen LogP contribution >= 0.6 is 22.9 Å². The molecule has 6 nitrogen and oxygen atoms in total. The van der Waals surface area contributed by atoms with Crippen LogP contribution in [0.2, 0.25) is 0 Å². The van der Waals surface area contributed by atoms with Gasteiger partial charge in [0, 0.05) is 18.5 Å². The molecule has 108 valence electrons. The molecule has 2 aromatic rings. The van der Waals surface area contributed by atoms with Crippen LogP contribution in [0.4, 0.5) is 10.8 Å². The Bertz CT molecular complexity index is 579. The molecular formula is C12H17N5OS2. The number of nitrogen functional groups attached to an aromatic ring is 1. The maximum absolute atomic E-state index is 12.2. The minimum Gasteiger partial charge on any atom is -0.382 e. The average Bonchev–Trinajstić information content (AvgIpc) is 2.97. The smallest absolute Gasteiger partial charge is 0.258 e. The molecule has 0 unspecified atom stereocenters. The standard InChI is InChI=1S/C12H17N5OS2/c1-7(2)15-11(18)9-10(13)16-20-12(9)17(3)4-8-5-19-6-14-8/h5-7H,4H2,1-3H3,(H2,13,16)(H,15,18). The van der Waals surface area contributed by atoms with Gasteiger partial charge < -0.3 is 16.0 Å². The van der Waals surface area contributed by atoms with Crippen LogP contribution < -0.4 is 16.0 Å². The van der Waals surface area contributed by atoms with Crippen molar-refractivity contribution in [2.24, 2.45) is 0 Å². The van der Waals surface area contributed by atoms with Gasteiger partial charge in [0.25, 0.3) is 5.91 Å². The van der Waals surface area contributed by atoms with Gasteiger partial charge in [-0.25, -0.2) is 4.98 Å². The van der Waals surface area contributed by atoms with Crippen molar-refractivity contribution < 1.29 is 4.79 Å². The van der Waals surface area contributed by atoms with Gasteiger partial charge in [-0.05, 0) is 25.4 Å². The van der Waals surface area contributed by atoms with Crippen LogP contribution in [-0.2, 0) is 6.54 Å². The summed E-state index contributed by atoms with van der Waals surface area (Å²) in [5.41, 5.74) is 9.02. The molecule has 20 heavy (non-hydrogen) atoms. The third-order valence-corrected chi connectivity index (χ3v) is 4.19. The molecule has 0 fully saturated rings. The van der Waals surface area contributed by atoms with E-state index in [1.165, 1.54) is 11.5 Å². The van der Waals surface area contributed by atoms with Crippen LogP contribution in [0, 0.1) is 0 Å². The molecule has 3 N–H and O–H groups in total. The molecule has 0 aliphatic heterocycles. The monoisotopic (exact) mass is 311 g/mol. The van der Waals surface area contributed by atoms with Gasteiger partial charge >= 0.3 is 0 Å². The maximum atomic E-state index is 12.2. The number of anilines is 2. The predicted molar refractivity (Wildman–Crippen MR) is 83.3 cm³/mol. The molecule has 0 aromatic carbocycles. The third-order valence-electron chi connectivity index (χ3n) is 2.58. The summed E-state index contributed by atoms with van der Waals surface area (Å²) < 4.78 is 4.09. The lowest BCUT2D eigenvalue weighted by Crippen LogP contribution is -2.31. The predicted octanol–water partition coefficient (Wildman–Crippen LogP) is 1.96. The van der Waals surface area contributed by atoms with E-state index in [4.69, 9.17) is 5.73 Å². The number of thiazole rings is 1. The number of hydrogen-bond acceptors (Lipinski definition) is 7. The number of nitrogens with zero attached hydrogens (tertiary/aromatic N) is 3. The lowest BCUT2D eigenvalue weighted by molar-refractivity contribution is 0.0944. The van der Waals surface area contributed by atoms with E-state index in [-0.39, 0.29) is 17.8 Å². The topological polar surface area (TPSA) is 84.1 Å². The molecule has 2 rings (SSSR count). The molecule has 0 radical (unpaired) electrons. The van der Waals surface area contributed by atoms with Crippen molar-refractivity contribution in [1.82, 2.24) is 14.7 Å². The first kappa shape index (κ1) is 14.7. The Balaban J connectivity index is 2.21. The first-order valence-corrected chi connectivity index (χ1v) is 7.85. The second kappa shape index (κ2) is 6.19. The lowest BCUT2D eigenvalue weighted by atomic mass is 10.2. The maximum Gasteiger partial charge on any atom is 0.258 e. The zero-order valence-corrected chi connectivity index (χ0v) is 13.2. The molecule has 2 aromatic heterocycles. The van der Waals surface area contributed by atoms with Gasteiger partial charge in [-0.2, -0.15) is 4.37 Å². The van der Waals surface area contributed by atoms with Crippen LogP contribution in [0.1, 0.15) is 29.9 Å². The average molecular weight is 311 g/mol. The van der Waals surface area contributed by atoms with Crippen molar-refractivity contribution in [3.05, 3.63) is 22.1 Å². The highest BCUT2D eigenvalue weighted by Crippen LogP contribution is 2.30. The molecule has 1 amide bonds. The molecule has 2 heterocycles. The summed E-state index contributed by atoms with van der Waals surface area (Å²) in [5, 5.41) is 5.59. The highest BCUT2D eigenvalue weighted by molar-refractivity contribution is 7.11. The van der Waals surface area contributed by atoms with Gasteiger partial charge in [0.15, 0.2) is 5.82 Å². The Hall–Kier alpha value is -1.67. The number of amides is 1. The van der Waals surface area contributed by atoms with Gasteiger partial charge in [-0.15, -0.1) is 11.3 Å². The van der Waals surface area contributed by atoms with E-state index in [0.29, 0.717) is 12.1 Å². The van der Waals surface area contributed by atoms with Crippen LogP contribution in [0.3, 0.4) is 0 Å². The summed E-state index contributed by atoms with van der Waals surface area (Å²) >= 11 is 2.77. The van der Waals surface area contributed by atoms with Crippen molar-refractivity contribution in [2.75, 3.05) is 17.7 Å².